The summed E-state index contributed by atoms with van der Waals surface area (Å²) in [6.45, 7) is 7.85. The third-order valence-electron chi connectivity index (χ3n) is 6.25. The minimum atomic E-state index is -0.548. The van der Waals surface area contributed by atoms with Crippen molar-refractivity contribution in [2.45, 2.75) is 12.5 Å². The SMILES string of the molecule is Cl.Cl.NC(Cc1ccc(Cl)cc1)C(=O)N1CCN(c2ccccc2OCCN2CCOCC2)CC1. The van der Waals surface area contributed by atoms with E-state index in [2.05, 4.69) is 15.9 Å². The molecule has 0 aromatic heterocycles. The number of halogens is 3. The molecule has 2 aromatic rings. The number of ether oxygens (including phenoxy) is 2. The second kappa shape index (κ2) is 14.7. The molecular formula is C25H35Cl3N4O3. The molecule has 2 aliphatic rings. The van der Waals surface area contributed by atoms with E-state index in [1.54, 1.807) is 0 Å². The van der Waals surface area contributed by atoms with Crippen molar-refractivity contribution in [2.24, 2.45) is 5.73 Å². The first kappa shape index (κ1) is 29.5. The third kappa shape index (κ3) is 8.41. The van der Waals surface area contributed by atoms with Gasteiger partial charge >= 0.3 is 0 Å². The average Bonchev–Trinajstić information content (AvgIpc) is 2.86. The summed E-state index contributed by atoms with van der Waals surface area (Å²) in [6, 6.07) is 15.1. The summed E-state index contributed by atoms with van der Waals surface area (Å²) in [5.41, 5.74) is 8.33. The number of carbonyl (C=O) groups is 1. The van der Waals surface area contributed by atoms with Gasteiger partial charge in [0.1, 0.15) is 12.4 Å². The number of nitrogens with two attached hydrogens (primary N) is 1. The quantitative estimate of drug-likeness (QED) is 0.550. The van der Waals surface area contributed by atoms with Gasteiger partial charge in [-0.2, -0.15) is 0 Å². The third-order valence-corrected chi connectivity index (χ3v) is 6.50. The van der Waals surface area contributed by atoms with E-state index in [0.717, 1.165) is 62.9 Å². The van der Waals surface area contributed by atoms with E-state index in [-0.39, 0.29) is 30.7 Å². The number of morpholine rings is 1. The van der Waals surface area contributed by atoms with E-state index >= 15 is 0 Å². The molecule has 1 amide bonds. The number of benzene rings is 2. The lowest BCUT2D eigenvalue weighted by molar-refractivity contribution is -0.132. The van der Waals surface area contributed by atoms with E-state index in [1.807, 2.05) is 47.4 Å². The summed E-state index contributed by atoms with van der Waals surface area (Å²) in [5, 5.41) is 0.681. The average molecular weight is 546 g/mol. The first-order valence-corrected chi connectivity index (χ1v) is 12.0. The molecule has 10 heteroatoms. The van der Waals surface area contributed by atoms with E-state index < -0.39 is 6.04 Å². The molecule has 0 spiro atoms. The predicted molar refractivity (Wildman–Crippen MR) is 146 cm³/mol. The molecule has 35 heavy (non-hydrogen) atoms. The zero-order valence-corrected chi connectivity index (χ0v) is 22.2. The lowest BCUT2D eigenvalue weighted by Gasteiger charge is -2.37. The van der Waals surface area contributed by atoms with Crippen LogP contribution in [-0.2, 0) is 16.0 Å². The van der Waals surface area contributed by atoms with E-state index in [4.69, 9.17) is 26.8 Å². The van der Waals surface area contributed by atoms with Crippen molar-refractivity contribution in [1.82, 2.24) is 9.80 Å². The molecule has 1 unspecified atom stereocenters. The van der Waals surface area contributed by atoms with Gasteiger partial charge < -0.3 is 25.0 Å². The van der Waals surface area contributed by atoms with Gasteiger partial charge in [0.15, 0.2) is 0 Å². The Bertz CT molecular complexity index is 905. The zero-order chi connectivity index (χ0) is 23.0. The largest absolute Gasteiger partial charge is 0.490 e. The molecule has 2 fully saturated rings. The highest BCUT2D eigenvalue weighted by atomic mass is 35.5. The van der Waals surface area contributed by atoms with Crippen molar-refractivity contribution in [3.8, 4) is 5.75 Å². The molecule has 4 rings (SSSR count). The molecule has 2 aromatic carbocycles. The van der Waals surface area contributed by atoms with Gasteiger partial charge in [0.25, 0.3) is 0 Å². The summed E-state index contributed by atoms with van der Waals surface area (Å²) in [4.78, 5) is 19.4. The highest BCUT2D eigenvalue weighted by molar-refractivity contribution is 6.30. The van der Waals surface area contributed by atoms with Gasteiger partial charge in [0.2, 0.25) is 5.91 Å². The highest BCUT2D eigenvalue weighted by Gasteiger charge is 2.26. The van der Waals surface area contributed by atoms with Gasteiger partial charge in [-0.15, -0.1) is 24.8 Å². The van der Waals surface area contributed by atoms with Crippen LogP contribution in [0.1, 0.15) is 5.56 Å². The van der Waals surface area contributed by atoms with Gasteiger partial charge in [0, 0.05) is 50.8 Å². The van der Waals surface area contributed by atoms with Crippen LogP contribution in [0.2, 0.25) is 5.02 Å². The van der Waals surface area contributed by atoms with Crippen molar-refractivity contribution >= 4 is 48.0 Å². The number of para-hydroxylation sites is 2. The minimum absolute atomic E-state index is 0. The molecule has 7 nitrogen and oxygen atoms in total. The molecule has 0 radical (unpaired) electrons. The number of carbonyl (C=O) groups excluding carboxylic acids is 1. The fourth-order valence-electron chi connectivity index (χ4n) is 4.31. The lowest BCUT2D eigenvalue weighted by Crippen LogP contribution is -2.53. The number of amides is 1. The molecular weight excluding hydrogens is 511 g/mol. The van der Waals surface area contributed by atoms with Crippen LogP contribution in [0.15, 0.2) is 48.5 Å². The van der Waals surface area contributed by atoms with Gasteiger partial charge in [-0.05, 0) is 36.2 Å². The Morgan fingerprint density at radius 3 is 2.31 bits per heavy atom. The monoisotopic (exact) mass is 544 g/mol. The molecule has 0 aliphatic carbocycles. The number of hydrogen-bond donors (Lipinski definition) is 1. The topological polar surface area (TPSA) is 71.3 Å². The van der Waals surface area contributed by atoms with Crippen molar-refractivity contribution in [3.05, 3.63) is 59.1 Å². The van der Waals surface area contributed by atoms with Crippen molar-refractivity contribution in [2.75, 3.05) is 70.5 Å². The molecule has 2 N–H and O–H groups in total. The van der Waals surface area contributed by atoms with Crippen LogP contribution < -0.4 is 15.4 Å². The summed E-state index contributed by atoms with van der Waals surface area (Å²) in [7, 11) is 0. The fraction of sp³-hybridized carbons (Fsp3) is 0.480. The fourth-order valence-corrected chi connectivity index (χ4v) is 4.44. The van der Waals surface area contributed by atoms with Crippen LogP contribution in [0.4, 0.5) is 5.69 Å². The Labute approximate surface area is 225 Å². The standard InChI is InChI=1S/C25H33ClN4O3.2ClH/c26-21-7-5-20(6-8-21)19-22(27)25(31)30-11-9-29(10-12-30)23-3-1-2-4-24(23)33-18-15-28-13-16-32-17-14-28;;/h1-8,22H,9-19,27H2;2*1H. The van der Waals surface area contributed by atoms with E-state index in [0.29, 0.717) is 31.1 Å². The summed E-state index contributed by atoms with van der Waals surface area (Å²) in [6.07, 6.45) is 0.510. The second-order valence-corrected chi connectivity index (χ2v) is 8.96. The molecule has 194 valence electrons. The van der Waals surface area contributed by atoms with Gasteiger partial charge in [-0.3, -0.25) is 9.69 Å². The molecule has 0 saturated carbocycles. The van der Waals surface area contributed by atoms with Crippen LogP contribution in [-0.4, -0.2) is 87.4 Å². The van der Waals surface area contributed by atoms with Gasteiger partial charge in [-0.1, -0.05) is 35.9 Å². The van der Waals surface area contributed by atoms with E-state index in [9.17, 15) is 4.79 Å². The Hall–Kier alpha value is -1.74. The Morgan fingerprint density at radius 1 is 0.971 bits per heavy atom. The van der Waals surface area contributed by atoms with E-state index in [1.165, 1.54) is 0 Å². The maximum atomic E-state index is 12.9. The first-order chi connectivity index (χ1) is 16.1. The number of piperazine rings is 1. The number of rotatable bonds is 8. The number of hydrogen-bond acceptors (Lipinski definition) is 6. The summed E-state index contributed by atoms with van der Waals surface area (Å²) in [5.74, 6) is 0.893. The second-order valence-electron chi connectivity index (χ2n) is 8.52. The molecule has 2 aliphatic heterocycles. The van der Waals surface area contributed by atoms with Crippen LogP contribution in [0.5, 0.6) is 5.75 Å². The van der Waals surface area contributed by atoms with Crippen LogP contribution in [0, 0.1) is 0 Å². The normalized spacial score (nSPS) is 17.2. The molecule has 1 atom stereocenters. The summed E-state index contributed by atoms with van der Waals surface area (Å²) >= 11 is 5.94. The van der Waals surface area contributed by atoms with Crippen LogP contribution >= 0.6 is 36.4 Å². The Kier molecular flexibility index (Phi) is 12.4. The van der Waals surface area contributed by atoms with Gasteiger partial charge in [0.05, 0.1) is 24.9 Å². The minimum Gasteiger partial charge on any atom is -0.490 e. The van der Waals surface area contributed by atoms with Crippen molar-refractivity contribution in [1.29, 1.82) is 0 Å². The number of anilines is 1. The molecule has 2 saturated heterocycles. The smallest absolute Gasteiger partial charge is 0.239 e. The van der Waals surface area contributed by atoms with Gasteiger partial charge in [-0.25, -0.2) is 0 Å². The van der Waals surface area contributed by atoms with Crippen molar-refractivity contribution in [3.63, 3.8) is 0 Å². The Morgan fingerprint density at radius 2 is 1.63 bits per heavy atom. The Balaban J connectivity index is 0.00000216. The maximum absolute atomic E-state index is 12.9. The van der Waals surface area contributed by atoms with Crippen LogP contribution in [0.25, 0.3) is 0 Å². The molecule has 2 heterocycles. The zero-order valence-electron chi connectivity index (χ0n) is 19.8. The number of nitrogens with zero attached hydrogens (tertiary/aromatic N) is 3. The maximum Gasteiger partial charge on any atom is 0.239 e. The van der Waals surface area contributed by atoms with Crippen LogP contribution in [0.3, 0.4) is 0 Å². The summed E-state index contributed by atoms with van der Waals surface area (Å²) < 4.78 is 11.6. The predicted octanol–water partition coefficient (Wildman–Crippen LogP) is 3.11. The van der Waals surface area contributed by atoms with Crippen molar-refractivity contribution < 1.29 is 14.3 Å². The molecule has 0 bridgehead atoms. The lowest BCUT2D eigenvalue weighted by atomic mass is 10.1. The highest BCUT2D eigenvalue weighted by Crippen LogP contribution is 2.29. The first-order valence-electron chi connectivity index (χ1n) is 11.7.